The summed E-state index contributed by atoms with van der Waals surface area (Å²) < 4.78 is 0. The van der Waals surface area contributed by atoms with Crippen molar-refractivity contribution in [1.29, 1.82) is 0 Å². The fraction of sp³-hybridized carbons (Fsp3) is 0.667. The Labute approximate surface area is 111 Å². The van der Waals surface area contributed by atoms with Crippen LogP contribution in [0.25, 0.3) is 0 Å². The van der Waals surface area contributed by atoms with E-state index in [4.69, 9.17) is 4.98 Å². The van der Waals surface area contributed by atoms with Crippen LogP contribution in [-0.2, 0) is 6.54 Å². The molecular formula is C15H25N3. The lowest BCUT2D eigenvalue weighted by Gasteiger charge is -2.22. The van der Waals surface area contributed by atoms with E-state index >= 15 is 0 Å². The lowest BCUT2D eigenvalue weighted by Crippen LogP contribution is -2.25. The van der Waals surface area contributed by atoms with E-state index in [2.05, 4.69) is 36.2 Å². The normalized spacial score (nSPS) is 20.8. The molecule has 1 atom stereocenters. The number of pyridine rings is 1. The summed E-state index contributed by atoms with van der Waals surface area (Å²) in [7, 11) is 1.99. The molecular weight excluding hydrogens is 222 g/mol. The first-order chi connectivity index (χ1) is 8.69. The minimum absolute atomic E-state index is 0.858. The van der Waals surface area contributed by atoms with Gasteiger partial charge in [-0.15, -0.1) is 0 Å². The molecule has 0 spiro atoms. The van der Waals surface area contributed by atoms with Gasteiger partial charge >= 0.3 is 0 Å². The molecule has 2 rings (SSSR count). The van der Waals surface area contributed by atoms with Crippen molar-refractivity contribution in [2.24, 2.45) is 5.92 Å². The number of nitrogens with one attached hydrogen (secondary N) is 1. The van der Waals surface area contributed by atoms with Gasteiger partial charge in [-0.05, 0) is 56.8 Å². The first-order valence-corrected chi connectivity index (χ1v) is 7.06. The van der Waals surface area contributed by atoms with Crippen LogP contribution >= 0.6 is 0 Å². The zero-order valence-electron chi connectivity index (χ0n) is 11.9. The molecule has 1 fully saturated rings. The summed E-state index contributed by atoms with van der Waals surface area (Å²) in [5.74, 6) is 2.02. The Hall–Kier alpha value is -1.09. The van der Waals surface area contributed by atoms with Gasteiger partial charge in [0, 0.05) is 25.3 Å². The van der Waals surface area contributed by atoms with Gasteiger partial charge in [0.15, 0.2) is 0 Å². The number of nitrogens with zero attached hydrogens (tertiary/aromatic N) is 2. The summed E-state index contributed by atoms with van der Waals surface area (Å²) in [6.45, 7) is 7.67. The van der Waals surface area contributed by atoms with Crippen LogP contribution in [0, 0.1) is 12.8 Å². The predicted molar refractivity (Wildman–Crippen MR) is 77.0 cm³/mol. The Morgan fingerprint density at radius 2 is 2.17 bits per heavy atom. The Morgan fingerprint density at radius 1 is 1.33 bits per heavy atom. The highest BCUT2D eigenvalue weighted by molar-refractivity contribution is 5.42. The predicted octanol–water partition coefficient (Wildman–Crippen LogP) is 2.74. The van der Waals surface area contributed by atoms with Crippen LogP contribution < -0.4 is 10.2 Å². The third-order valence-electron chi connectivity index (χ3n) is 3.72. The molecule has 18 heavy (non-hydrogen) atoms. The number of hydrogen-bond donors (Lipinski definition) is 1. The maximum atomic E-state index is 4.70. The number of anilines is 1. The van der Waals surface area contributed by atoms with Crippen LogP contribution in [0.15, 0.2) is 12.1 Å². The molecule has 1 aromatic heterocycles. The average Bonchev–Trinajstić information content (AvgIpc) is 2.54. The van der Waals surface area contributed by atoms with Crippen LogP contribution in [-0.4, -0.2) is 25.1 Å². The second kappa shape index (κ2) is 6.19. The van der Waals surface area contributed by atoms with Crippen molar-refractivity contribution in [3.05, 3.63) is 23.4 Å². The molecule has 2 heterocycles. The minimum Gasteiger partial charge on any atom is -0.357 e. The quantitative estimate of drug-likeness (QED) is 0.890. The van der Waals surface area contributed by atoms with Crippen molar-refractivity contribution in [2.75, 3.05) is 25.0 Å². The van der Waals surface area contributed by atoms with Crippen molar-refractivity contribution in [2.45, 2.75) is 39.7 Å². The van der Waals surface area contributed by atoms with E-state index < -0.39 is 0 Å². The topological polar surface area (TPSA) is 28.2 Å². The summed E-state index contributed by atoms with van der Waals surface area (Å²) in [4.78, 5) is 7.16. The molecule has 0 aromatic carbocycles. The lowest BCUT2D eigenvalue weighted by atomic mass is 10.0. The molecule has 1 aliphatic heterocycles. The highest BCUT2D eigenvalue weighted by Crippen LogP contribution is 2.22. The minimum atomic E-state index is 0.858. The van der Waals surface area contributed by atoms with Gasteiger partial charge in [0.1, 0.15) is 5.82 Å². The Balaban J connectivity index is 2.15. The Bertz CT molecular complexity index is 389. The van der Waals surface area contributed by atoms with Crippen molar-refractivity contribution >= 4 is 5.82 Å². The molecule has 0 bridgehead atoms. The van der Waals surface area contributed by atoms with E-state index in [1.54, 1.807) is 0 Å². The fourth-order valence-electron chi connectivity index (χ4n) is 2.68. The molecule has 1 saturated heterocycles. The molecule has 0 saturated carbocycles. The van der Waals surface area contributed by atoms with Gasteiger partial charge in [-0.3, -0.25) is 0 Å². The van der Waals surface area contributed by atoms with Crippen LogP contribution in [0.3, 0.4) is 0 Å². The molecule has 100 valence electrons. The van der Waals surface area contributed by atoms with E-state index in [-0.39, 0.29) is 0 Å². The first kappa shape index (κ1) is 13.3. The van der Waals surface area contributed by atoms with Crippen LogP contribution in [0.2, 0.25) is 0 Å². The van der Waals surface area contributed by atoms with Gasteiger partial charge in [0.05, 0.1) is 0 Å². The van der Waals surface area contributed by atoms with Gasteiger partial charge < -0.3 is 10.2 Å². The summed E-state index contributed by atoms with van der Waals surface area (Å²) in [6, 6.07) is 4.40. The van der Waals surface area contributed by atoms with Crippen molar-refractivity contribution in [3.63, 3.8) is 0 Å². The number of aryl methyl sites for hydroxylation is 1. The summed E-state index contributed by atoms with van der Waals surface area (Å²) in [6.07, 6.45) is 3.93. The molecule has 0 aliphatic carbocycles. The summed E-state index contributed by atoms with van der Waals surface area (Å²) in [5.41, 5.74) is 2.45. The average molecular weight is 247 g/mol. The van der Waals surface area contributed by atoms with E-state index in [1.807, 2.05) is 7.05 Å². The number of hydrogen-bond acceptors (Lipinski definition) is 3. The second-order valence-electron chi connectivity index (χ2n) is 5.53. The molecule has 1 aromatic rings. The maximum Gasteiger partial charge on any atom is 0.129 e. The van der Waals surface area contributed by atoms with E-state index in [0.717, 1.165) is 37.1 Å². The molecule has 3 nitrogen and oxygen atoms in total. The smallest absolute Gasteiger partial charge is 0.129 e. The molecule has 0 radical (unpaired) electrons. The van der Waals surface area contributed by atoms with Gasteiger partial charge in [-0.25, -0.2) is 4.98 Å². The van der Waals surface area contributed by atoms with Crippen LogP contribution in [0.1, 0.15) is 37.4 Å². The van der Waals surface area contributed by atoms with E-state index in [9.17, 15) is 0 Å². The number of rotatable bonds is 3. The van der Waals surface area contributed by atoms with Gasteiger partial charge in [-0.2, -0.15) is 0 Å². The fourth-order valence-corrected chi connectivity index (χ4v) is 2.68. The van der Waals surface area contributed by atoms with Gasteiger partial charge in [-0.1, -0.05) is 6.92 Å². The highest BCUT2D eigenvalue weighted by Gasteiger charge is 2.15. The third-order valence-corrected chi connectivity index (χ3v) is 3.72. The largest absolute Gasteiger partial charge is 0.357 e. The number of aromatic nitrogens is 1. The van der Waals surface area contributed by atoms with Crippen molar-refractivity contribution in [3.8, 4) is 0 Å². The summed E-state index contributed by atoms with van der Waals surface area (Å²) in [5, 5.41) is 3.21. The Morgan fingerprint density at radius 3 is 2.94 bits per heavy atom. The monoisotopic (exact) mass is 247 g/mol. The van der Waals surface area contributed by atoms with Crippen molar-refractivity contribution in [1.82, 2.24) is 10.3 Å². The summed E-state index contributed by atoms with van der Waals surface area (Å²) >= 11 is 0. The van der Waals surface area contributed by atoms with Gasteiger partial charge in [0.2, 0.25) is 0 Å². The van der Waals surface area contributed by atoms with Crippen molar-refractivity contribution < 1.29 is 0 Å². The highest BCUT2D eigenvalue weighted by atomic mass is 15.2. The molecule has 1 aliphatic rings. The maximum absolute atomic E-state index is 4.70. The third kappa shape index (κ3) is 3.45. The zero-order chi connectivity index (χ0) is 13.0. The SMILES string of the molecule is CNCc1cc(C)nc(N2CCCC(C)CC2)c1. The van der Waals surface area contributed by atoms with E-state index in [1.165, 1.54) is 24.8 Å². The van der Waals surface area contributed by atoms with Crippen LogP contribution in [0.4, 0.5) is 5.82 Å². The van der Waals surface area contributed by atoms with Crippen LogP contribution in [0.5, 0.6) is 0 Å². The van der Waals surface area contributed by atoms with E-state index in [0.29, 0.717) is 0 Å². The zero-order valence-corrected chi connectivity index (χ0v) is 11.9. The lowest BCUT2D eigenvalue weighted by molar-refractivity contribution is 0.521. The Kier molecular flexibility index (Phi) is 4.59. The molecule has 1 unspecified atom stereocenters. The second-order valence-corrected chi connectivity index (χ2v) is 5.53. The van der Waals surface area contributed by atoms with Gasteiger partial charge in [0.25, 0.3) is 0 Å². The first-order valence-electron chi connectivity index (χ1n) is 7.06. The molecule has 1 N–H and O–H groups in total. The molecule has 0 amide bonds. The molecule has 3 heteroatoms. The standard InChI is InChI=1S/C15H25N3/c1-12-5-4-7-18(8-6-12)15-10-14(11-16-3)9-13(2)17-15/h9-10,12,16H,4-8,11H2,1-3H3.